The number of aliphatic imine (C=N–C) groups is 1. The van der Waals surface area contributed by atoms with E-state index in [4.69, 9.17) is 0 Å². The summed E-state index contributed by atoms with van der Waals surface area (Å²) in [5.41, 5.74) is 2.75. The molecule has 0 saturated heterocycles. The van der Waals surface area contributed by atoms with Gasteiger partial charge >= 0.3 is 5.82 Å². The van der Waals surface area contributed by atoms with Crippen molar-refractivity contribution in [1.82, 2.24) is 15.0 Å². The van der Waals surface area contributed by atoms with Gasteiger partial charge in [0.1, 0.15) is 12.4 Å². The first-order valence-corrected chi connectivity index (χ1v) is 5.79. The van der Waals surface area contributed by atoms with Crippen LogP contribution in [0.1, 0.15) is 5.82 Å². The Morgan fingerprint density at radius 3 is 3.18 bits per heavy atom. The number of hydrogen-bond acceptors (Lipinski definition) is 7. The molecule has 0 fully saturated rings. The summed E-state index contributed by atoms with van der Waals surface area (Å²) in [6, 6.07) is 0. The molecule has 1 aromatic rings. The van der Waals surface area contributed by atoms with E-state index >= 15 is 0 Å². The zero-order chi connectivity index (χ0) is 12.3. The normalized spacial score (nSPS) is 15.2. The molecule has 0 atom stereocenters. The molecule has 1 N–H and O–H groups in total. The highest BCUT2D eigenvalue weighted by atomic mass is 32.2. The minimum absolute atomic E-state index is 0.0703. The zero-order valence-corrected chi connectivity index (χ0v) is 9.85. The predicted molar refractivity (Wildman–Crippen MR) is 65.4 cm³/mol. The third kappa shape index (κ3) is 2.61. The molecule has 1 aromatic heterocycles. The molecule has 0 aliphatic carbocycles. The van der Waals surface area contributed by atoms with Gasteiger partial charge < -0.3 is 10.1 Å². The summed E-state index contributed by atoms with van der Waals surface area (Å²) in [4.78, 5) is 18.1. The minimum Gasteiger partial charge on any atom is -0.358 e. The average molecular weight is 254 g/mol. The van der Waals surface area contributed by atoms with Gasteiger partial charge in [-0.3, -0.25) is 10.4 Å². The molecule has 0 saturated carbocycles. The van der Waals surface area contributed by atoms with Crippen molar-refractivity contribution in [2.45, 2.75) is 0 Å². The molecule has 0 amide bonds. The first kappa shape index (κ1) is 11.6. The molecule has 90 valence electrons. The lowest BCUT2D eigenvalue weighted by molar-refractivity contribution is -0.391. The smallest absolute Gasteiger partial charge is 0.342 e. The molecule has 0 unspecified atom stereocenters. The minimum atomic E-state index is -0.491. The maximum absolute atomic E-state index is 10.6. The van der Waals surface area contributed by atoms with E-state index in [-0.39, 0.29) is 5.82 Å². The Bertz CT molecular complexity index is 494. The standard InChI is InChI=1S/C8H10N6O2S/c1-13-6(10-5-7(13)14(15)16)4-11-12-8-9-2-3-17-8/h4-5H,2-3H2,1H3,(H,9,12)/b11-4+. The Balaban J connectivity index is 2.03. The van der Waals surface area contributed by atoms with Crippen molar-refractivity contribution in [2.75, 3.05) is 12.3 Å². The number of amidine groups is 1. The molecule has 0 aromatic carbocycles. The fraction of sp³-hybridized carbons (Fsp3) is 0.375. The van der Waals surface area contributed by atoms with E-state index in [1.165, 1.54) is 17.0 Å². The Hall–Kier alpha value is -1.90. The largest absolute Gasteiger partial charge is 0.358 e. The van der Waals surface area contributed by atoms with Crippen molar-refractivity contribution in [1.29, 1.82) is 0 Å². The van der Waals surface area contributed by atoms with Gasteiger partial charge in [-0.1, -0.05) is 11.8 Å². The van der Waals surface area contributed by atoms with Gasteiger partial charge in [0.25, 0.3) is 0 Å². The van der Waals surface area contributed by atoms with Crippen LogP contribution in [-0.4, -0.2) is 38.2 Å². The maximum Gasteiger partial charge on any atom is 0.342 e. The van der Waals surface area contributed by atoms with Crippen molar-refractivity contribution < 1.29 is 4.92 Å². The van der Waals surface area contributed by atoms with E-state index < -0.39 is 4.92 Å². The number of nitrogens with one attached hydrogen (secondary N) is 1. The van der Waals surface area contributed by atoms with E-state index in [1.54, 1.807) is 18.8 Å². The van der Waals surface area contributed by atoms with Crippen LogP contribution in [-0.2, 0) is 7.05 Å². The zero-order valence-electron chi connectivity index (χ0n) is 9.03. The second kappa shape index (κ2) is 4.95. The molecule has 1 aliphatic rings. The molecule has 2 rings (SSSR count). The summed E-state index contributed by atoms with van der Waals surface area (Å²) < 4.78 is 1.36. The first-order chi connectivity index (χ1) is 8.18. The van der Waals surface area contributed by atoms with Crippen LogP contribution >= 0.6 is 11.8 Å². The van der Waals surface area contributed by atoms with Gasteiger partial charge in [0.15, 0.2) is 5.17 Å². The van der Waals surface area contributed by atoms with Crippen LogP contribution in [0.15, 0.2) is 16.3 Å². The Morgan fingerprint density at radius 2 is 2.59 bits per heavy atom. The molecular formula is C8H10N6O2S. The number of thioether (sulfide) groups is 1. The van der Waals surface area contributed by atoms with E-state index in [9.17, 15) is 10.1 Å². The average Bonchev–Trinajstić information content (AvgIpc) is 2.89. The van der Waals surface area contributed by atoms with E-state index in [0.29, 0.717) is 5.82 Å². The Labute approximate surface area is 101 Å². The molecule has 8 nitrogen and oxygen atoms in total. The second-order valence-electron chi connectivity index (χ2n) is 3.20. The first-order valence-electron chi connectivity index (χ1n) is 4.81. The van der Waals surface area contributed by atoms with Gasteiger partial charge in [-0.25, -0.2) is 9.55 Å². The summed E-state index contributed by atoms with van der Waals surface area (Å²) in [7, 11) is 1.56. The van der Waals surface area contributed by atoms with Crippen LogP contribution in [0, 0.1) is 10.1 Å². The van der Waals surface area contributed by atoms with Gasteiger partial charge in [-0.2, -0.15) is 5.10 Å². The monoisotopic (exact) mass is 254 g/mol. The lowest BCUT2D eigenvalue weighted by atomic mass is 10.6. The van der Waals surface area contributed by atoms with Crippen molar-refractivity contribution in [3.63, 3.8) is 0 Å². The summed E-state index contributed by atoms with van der Waals surface area (Å²) >= 11 is 1.58. The van der Waals surface area contributed by atoms with Gasteiger partial charge in [-0.15, -0.1) is 0 Å². The third-order valence-corrected chi connectivity index (χ3v) is 2.99. The maximum atomic E-state index is 10.6. The second-order valence-corrected chi connectivity index (χ2v) is 4.28. The van der Waals surface area contributed by atoms with Crippen molar-refractivity contribution in [3.05, 3.63) is 22.1 Å². The number of nitrogens with zero attached hydrogens (tertiary/aromatic N) is 5. The predicted octanol–water partition coefficient (Wildman–Crippen LogP) is 0.355. The number of rotatable bonds is 3. The molecular weight excluding hydrogens is 244 g/mol. The number of hydrazone groups is 1. The van der Waals surface area contributed by atoms with Crippen LogP contribution in [0.2, 0.25) is 0 Å². The highest BCUT2D eigenvalue weighted by Gasteiger charge is 2.14. The quantitative estimate of drug-likeness (QED) is 0.477. The fourth-order valence-corrected chi connectivity index (χ4v) is 1.93. The molecule has 17 heavy (non-hydrogen) atoms. The third-order valence-electron chi connectivity index (χ3n) is 2.11. The van der Waals surface area contributed by atoms with E-state index in [1.807, 2.05) is 0 Å². The number of aromatic nitrogens is 2. The summed E-state index contributed by atoms with van der Waals surface area (Å²) in [6.07, 6.45) is 2.62. The van der Waals surface area contributed by atoms with Gasteiger partial charge in [0.2, 0.25) is 5.82 Å². The molecule has 2 heterocycles. The molecule has 0 spiro atoms. The van der Waals surface area contributed by atoms with E-state index in [0.717, 1.165) is 17.5 Å². The highest BCUT2D eigenvalue weighted by molar-refractivity contribution is 8.14. The summed E-state index contributed by atoms with van der Waals surface area (Å²) in [5.74, 6) is 1.29. The molecule has 1 aliphatic heterocycles. The SMILES string of the molecule is Cn1c([N+](=O)[O-])cnc1/C=N/NC1=NCCS1. The molecule has 0 radical (unpaired) electrons. The van der Waals surface area contributed by atoms with Crippen molar-refractivity contribution in [3.8, 4) is 0 Å². The fourth-order valence-electron chi connectivity index (χ4n) is 1.25. The van der Waals surface area contributed by atoms with Crippen molar-refractivity contribution in [2.24, 2.45) is 17.1 Å². The van der Waals surface area contributed by atoms with Gasteiger partial charge in [-0.05, 0) is 4.92 Å². The van der Waals surface area contributed by atoms with Crippen LogP contribution in [0.4, 0.5) is 5.82 Å². The number of hydrogen-bond donors (Lipinski definition) is 1. The lowest BCUT2D eigenvalue weighted by Crippen LogP contribution is -2.12. The van der Waals surface area contributed by atoms with Crippen LogP contribution in [0.25, 0.3) is 0 Å². The van der Waals surface area contributed by atoms with Gasteiger partial charge in [0.05, 0.1) is 13.6 Å². The topological polar surface area (TPSA) is 97.7 Å². The Morgan fingerprint density at radius 1 is 1.76 bits per heavy atom. The molecule has 0 bridgehead atoms. The number of imidazole rings is 1. The highest BCUT2D eigenvalue weighted by Crippen LogP contribution is 2.10. The Kier molecular flexibility index (Phi) is 3.38. The van der Waals surface area contributed by atoms with Gasteiger partial charge in [0, 0.05) is 5.75 Å². The summed E-state index contributed by atoms with van der Waals surface area (Å²) in [5, 5.41) is 15.3. The lowest BCUT2D eigenvalue weighted by Gasteiger charge is -1.96. The van der Waals surface area contributed by atoms with Crippen LogP contribution in [0.3, 0.4) is 0 Å². The molecule has 9 heteroatoms. The van der Waals surface area contributed by atoms with Crippen LogP contribution < -0.4 is 5.43 Å². The van der Waals surface area contributed by atoms with Crippen molar-refractivity contribution >= 4 is 29.0 Å². The van der Waals surface area contributed by atoms with Crippen LogP contribution in [0.5, 0.6) is 0 Å². The summed E-state index contributed by atoms with van der Waals surface area (Å²) in [6.45, 7) is 0.788. The van der Waals surface area contributed by atoms with E-state index in [2.05, 4.69) is 20.5 Å². The number of nitro groups is 1.